The molecule has 0 amide bonds. The summed E-state index contributed by atoms with van der Waals surface area (Å²) in [5.41, 5.74) is 1.80. The normalized spacial score (nSPS) is 10.1. The predicted molar refractivity (Wildman–Crippen MR) is 63.4 cm³/mol. The average molecular weight is 233 g/mol. The van der Waals surface area contributed by atoms with E-state index in [2.05, 4.69) is 9.98 Å². The Hall–Kier alpha value is -1.70. The van der Waals surface area contributed by atoms with Crippen LogP contribution in [0.4, 0.5) is 0 Å². The van der Waals surface area contributed by atoms with Gasteiger partial charge < -0.3 is 0 Å². The van der Waals surface area contributed by atoms with Gasteiger partial charge in [-0.1, -0.05) is 23.7 Å². The number of hydrogen-bond acceptors (Lipinski definition) is 3. The largest absolute Gasteiger partial charge is 0.256 e. The lowest BCUT2D eigenvalue weighted by atomic mass is 10.1. The minimum absolute atomic E-state index is 0.388. The van der Waals surface area contributed by atoms with Crippen molar-refractivity contribution in [3.63, 3.8) is 0 Å². The Morgan fingerprint density at radius 3 is 3.06 bits per heavy atom. The highest BCUT2D eigenvalue weighted by molar-refractivity contribution is 6.32. The first-order valence-electron chi connectivity index (χ1n) is 4.88. The van der Waals surface area contributed by atoms with Crippen LogP contribution in [0, 0.1) is 0 Å². The number of rotatable bonds is 3. The van der Waals surface area contributed by atoms with E-state index in [4.69, 9.17) is 11.6 Å². The van der Waals surface area contributed by atoms with Crippen LogP contribution in [-0.4, -0.2) is 17.6 Å². The molecule has 0 fully saturated rings. The van der Waals surface area contributed by atoms with E-state index in [-0.39, 0.29) is 0 Å². The number of benzene rings is 1. The molecular formula is C12H9ClN2O. The van der Waals surface area contributed by atoms with Gasteiger partial charge in [-0.2, -0.15) is 0 Å². The van der Waals surface area contributed by atoms with Crippen LogP contribution >= 0.6 is 11.6 Å². The molecule has 0 aliphatic rings. The molecule has 0 saturated heterocycles. The lowest BCUT2D eigenvalue weighted by molar-refractivity contribution is 0.563. The molecular weight excluding hydrogens is 224 g/mol. The summed E-state index contributed by atoms with van der Waals surface area (Å²) in [7, 11) is 0. The topological polar surface area (TPSA) is 42.3 Å². The van der Waals surface area contributed by atoms with E-state index >= 15 is 0 Å². The summed E-state index contributed by atoms with van der Waals surface area (Å²) in [6.07, 6.45) is 3.84. The quantitative estimate of drug-likeness (QED) is 0.603. The lowest BCUT2D eigenvalue weighted by Gasteiger charge is -2.05. The first-order valence-corrected chi connectivity index (χ1v) is 5.26. The molecule has 0 atom stereocenters. The average Bonchev–Trinajstić information content (AvgIpc) is 2.32. The number of pyridine rings is 1. The maximum atomic E-state index is 10.0. The molecule has 0 saturated carbocycles. The molecule has 0 spiro atoms. The molecule has 1 aromatic heterocycles. The van der Waals surface area contributed by atoms with Crippen molar-refractivity contribution in [3.8, 4) is 0 Å². The van der Waals surface area contributed by atoms with Crippen molar-refractivity contribution < 1.29 is 4.79 Å². The highest BCUT2D eigenvalue weighted by Gasteiger charge is 2.06. The Labute approximate surface area is 97.8 Å². The van der Waals surface area contributed by atoms with Crippen LogP contribution in [0.25, 0.3) is 10.9 Å². The monoisotopic (exact) mass is 232 g/mol. The maximum absolute atomic E-state index is 10.0. The van der Waals surface area contributed by atoms with Gasteiger partial charge in [0.15, 0.2) is 0 Å². The Morgan fingerprint density at radius 2 is 2.25 bits per heavy atom. The molecule has 2 aromatic rings. The van der Waals surface area contributed by atoms with Gasteiger partial charge in [0, 0.05) is 16.6 Å². The summed E-state index contributed by atoms with van der Waals surface area (Å²) < 4.78 is 0. The van der Waals surface area contributed by atoms with Crippen LogP contribution in [0.2, 0.25) is 5.02 Å². The molecule has 0 unspecified atom stereocenters. The third kappa shape index (κ3) is 2.11. The highest BCUT2D eigenvalue weighted by Crippen LogP contribution is 2.24. The highest BCUT2D eigenvalue weighted by atomic mass is 35.5. The number of aliphatic imine (C=N–C) groups is 1. The van der Waals surface area contributed by atoms with E-state index in [1.807, 2.05) is 24.3 Å². The summed E-state index contributed by atoms with van der Waals surface area (Å²) in [6.45, 7) is 0.388. The number of halogens is 1. The van der Waals surface area contributed by atoms with Crippen LogP contribution in [0.5, 0.6) is 0 Å². The zero-order valence-electron chi connectivity index (χ0n) is 8.48. The molecule has 0 aliphatic heterocycles. The van der Waals surface area contributed by atoms with Crippen molar-refractivity contribution in [3.05, 3.63) is 41.0 Å². The van der Waals surface area contributed by atoms with Crippen LogP contribution in [0.15, 0.2) is 35.5 Å². The van der Waals surface area contributed by atoms with Gasteiger partial charge in [0.2, 0.25) is 6.08 Å². The van der Waals surface area contributed by atoms with E-state index < -0.39 is 0 Å². The maximum Gasteiger partial charge on any atom is 0.234 e. The van der Waals surface area contributed by atoms with Gasteiger partial charge in [0.1, 0.15) is 0 Å². The minimum atomic E-state index is 0.388. The smallest absolute Gasteiger partial charge is 0.234 e. The SMILES string of the molecule is O=C=NCCc1c(Cl)ccc2cccnc12. The number of hydrogen-bond donors (Lipinski definition) is 0. The Kier molecular flexibility index (Phi) is 3.30. The van der Waals surface area contributed by atoms with Gasteiger partial charge in [0.25, 0.3) is 0 Å². The first-order chi connectivity index (χ1) is 7.83. The van der Waals surface area contributed by atoms with Crippen molar-refractivity contribution in [1.29, 1.82) is 0 Å². The molecule has 80 valence electrons. The van der Waals surface area contributed by atoms with Crippen LogP contribution in [0.3, 0.4) is 0 Å². The van der Waals surface area contributed by atoms with E-state index in [0.29, 0.717) is 18.0 Å². The van der Waals surface area contributed by atoms with Crippen molar-refractivity contribution in [2.45, 2.75) is 6.42 Å². The Bertz CT molecular complexity index is 562. The molecule has 0 aliphatic carbocycles. The molecule has 1 aromatic carbocycles. The van der Waals surface area contributed by atoms with Crippen molar-refractivity contribution in [1.82, 2.24) is 4.98 Å². The second kappa shape index (κ2) is 4.88. The number of fused-ring (bicyclic) bond motifs is 1. The van der Waals surface area contributed by atoms with E-state index in [1.54, 1.807) is 6.20 Å². The third-order valence-electron chi connectivity index (χ3n) is 2.36. The molecule has 0 bridgehead atoms. The lowest BCUT2D eigenvalue weighted by Crippen LogP contribution is -1.94. The summed E-state index contributed by atoms with van der Waals surface area (Å²) >= 11 is 6.10. The number of nitrogens with zero attached hydrogens (tertiary/aromatic N) is 2. The summed E-state index contributed by atoms with van der Waals surface area (Å²) in [4.78, 5) is 17.8. The van der Waals surface area contributed by atoms with Crippen LogP contribution in [0.1, 0.15) is 5.56 Å². The van der Waals surface area contributed by atoms with Crippen molar-refractivity contribution in [2.24, 2.45) is 4.99 Å². The standard InChI is InChI=1S/C12H9ClN2O/c13-11-4-3-9-2-1-6-15-12(9)10(11)5-7-14-8-16/h1-4,6H,5,7H2. The van der Waals surface area contributed by atoms with E-state index in [0.717, 1.165) is 16.5 Å². The van der Waals surface area contributed by atoms with Gasteiger partial charge in [-0.3, -0.25) is 4.98 Å². The van der Waals surface area contributed by atoms with Gasteiger partial charge in [0.05, 0.1) is 12.1 Å². The Morgan fingerprint density at radius 1 is 1.38 bits per heavy atom. The third-order valence-corrected chi connectivity index (χ3v) is 2.71. The van der Waals surface area contributed by atoms with Crippen LogP contribution < -0.4 is 0 Å². The van der Waals surface area contributed by atoms with Gasteiger partial charge in [-0.05, 0) is 24.1 Å². The molecule has 16 heavy (non-hydrogen) atoms. The number of carbonyl (C=O) groups excluding carboxylic acids is 1. The second-order valence-corrected chi connectivity index (χ2v) is 3.73. The van der Waals surface area contributed by atoms with Gasteiger partial charge in [-0.25, -0.2) is 9.79 Å². The summed E-state index contributed by atoms with van der Waals surface area (Å²) in [5.74, 6) is 0. The number of aromatic nitrogens is 1. The fourth-order valence-electron chi connectivity index (χ4n) is 1.63. The van der Waals surface area contributed by atoms with Crippen LogP contribution in [-0.2, 0) is 11.2 Å². The van der Waals surface area contributed by atoms with Crippen molar-refractivity contribution in [2.75, 3.05) is 6.54 Å². The fraction of sp³-hybridized carbons (Fsp3) is 0.167. The second-order valence-electron chi connectivity index (χ2n) is 3.32. The summed E-state index contributed by atoms with van der Waals surface area (Å²) in [5, 5.41) is 1.70. The first kappa shape index (κ1) is 10.8. The van der Waals surface area contributed by atoms with Gasteiger partial charge in [-0.15, -0.1) is 0 Å². The predicted octanol–water partition coefficient (Wildman–Crippen LogP) is 2.77. The summed E-state index contributed by atoms with van der Waals surface area (Å²) in [6, 6.07) is 7.62. The molecule has 2 rings (SSSR count). The molecule has 4 heteroatoms. The number of isocyanates is 1. The molecule has 0 N–H and O–H groups in total. The zero-order chi connectivity index (χ0) is 11.4. The van der Waals surface area contributed by atoms with E-state index in [1.165, 1.54) is 6.08 Å². The van der Waals surface area contributed by atoms with Gasteiger partial charge >= 0.3 is 0 Å². The Balaban J connectivity index is 2.48. The minimum Gasteiger partial charge on any atom is -0.256 e. The fourth-order valence-corrected chi connectivity index (χ4v) is 1.88. The van der Waals surface area contributed by atoms with E-state index in [9.17, 15) is 4.79 Å². The molecule has 3 nitrogen and oxygen atoms in total. The zero-order valence-corrected chi connectivity index (χ0v) is 9.24. The van der Waals surface area contributed by atoms with Crippen molar-refractivity contribution >= 4 is 28.6 Å². The molecule has 1 heterocycles. The molecule has 0 radical (unpaired) electrons.